The number of aliphatic carboxylic acids is 1. The van der Waals surface area contributed by atoms with E-state index in [0.29, 0.717) is 6.42 Å². The zero-order chi connectivity index (χ0) is 12.1. The Labute approximate surface area is 96.6 Å². The van der Waals surface area contributed by atoms with Crippen molar-refractivity contribution in [3.05, 3.63) is 0 Å². The van der Waals surface area contributed by atoms with Crippen molar-refractivity contribution in [2.45, 2.75) is 64.3 Å². The first kappa shape index (κ1) is 13.5. The molecular weight excluding hydrogens is 208 g/mol. The molecule has 0 aromatic heterocycles. The second kappa shape index (κ2) is 6.21. The van der Waals surface area contributed by atoms with Crippen LogP contribution in [0.4, 0.5) is 0 Å². The molecule has 1 aliphatic heterocycles. The Balaban J connectivity index is 2.52. The lowest BCUT2D eigenvalue weighted by Gasteiger charge is -2.24. The van der Waals surface area contributed by atoms with Crippen molar-refractivity contribution in [2.75, 3.05) is 0 Å². The van der Waals surface area contributed by atoms with Gasteiger partial charge in [-0.1, -0.05) is 19.8 Å². The lowest BCUT2D eigenvalue weighted by atomic mass is 9.91. The second-order valence-electron chi connectivity index (χ2n) is 4.64. The molecule has 1 fully saturated rings. The van der Waals surface area contributed by atoms with Gasteiger partial charge >= 0.3 is 5.97 Å². The monoisotopic (exact) mass is 230 g/mol. The SMILES string of the molecule is CCCCC(C(=O)O)C(O)C1CCC(C)O1. The van der Waals surface area contributed by atoms with E-state index in [-0.39, 0.29) is 12.2 Å². The number of ether oxygens (including phenoxy) is 1. The van der Waals surface area contributed by atoms with Crippen molar-refractivity contribution in [1.29, 1.82) is 0 Å². The minimum Gasteiger partial charge on any atom is -0.481 e. The maximum atomic E-state index is 11.1. The average Bonchev–Trinajstić information content (AvgIpc) is 2.64. The van der Waals surface area contributed by atoms with E-state index in [0.717, 1.165) is 25.7 Å². The molecule has 1 aliphatic rings. The molecule has 0 aliphatic carbocycles. The van der Waals surface area contributed by atoms with Crippen LogP contribution in [-0.2, 0) is 9.53 Å². The highest BCUT2D eigenvalue weighted by atomic mass is 16.5. The molecule has 4 atom stereocenters. The molecule has 1 saturated heterocycles. The normalized spacial score (nSPS) is 28.9. The van der Waals surface area contributed by atoms with Gasteiger partial charge in [0.2, 0.25) is 0 Å². The molecule has 4 unspecified atom stereocenters. The topological polar surface area (TPSA) is 66.8 Å². The molecule has 94 valence electrons. The third kappa shape index (κ3) is 3.46. The van der Waals surface area contributed by atoms with Crippen molar-refractivity contribution < 1.29 is 19.7 Å². The average molecular weight is 230 g/mol. The van der Waals surface area contributed by atoms with Crippen LogP contribution in [0.2, 0.25) is 0 Å². The number of hydrogen-bond donors (Lipinski definition) is 2. The molecule has 4 nitrogen and oxygen atoms in total. The molecule has 0 amide bonds. The van der Waals surface area contributed by atoms with Gasteiger partial charge < -0.3 is 14.9 Å². The highest BCUT2D eigenvalue weighted by Crippen LogP contribution is 2.27. The molecular formula is C12H22O4. The first-order valence-corrected chi connectivity index (χ1v) is 6.12. The molecule has 0 radical (unpaired) electrons. The third-order valence-electron chi connectivity index (χ3n) is 3.24. The molecule has 16 heavy (non-hydrogen) atoms. The van der Waals surface area contributed by atoms with Crippen molar-refractivity contribution in [2.24, 2.45) is 5.92 Å². The minimum absolute atomic E-state index is 0.139. The zero-order valence-electron chi connectivity index (χ0n) is 10.1. The number of hydrogen-bond acceptors (Lipinski definition) is 3. The van der Waals surface area contributed by atoms with Crippen LogP contribution in [0.1, 0.15) is 46.0 Å². The Morgan fingerprint density at radius 2 is 2.19 bits per heavy atom. The second-order valence-corrected chi connectivity index (χ2v) is 4.64. The summed E-state index contributed by atoms with van der Waals surface area (Å²) in [6, 6.07) is 0. The van der Waals surface area contributed by atoms with E-state index in [1.165, 1.54) is 0 Å². The van der Waals surface area contributed by atoms with Crippen molar-refractivity contribution in [3.63, 3.8) is 0 Å². The van der Waals surface area contributed by atoms with E-state index in [9.17, 15) is 9.90 Å². The summed E-state index contributed by atoms with van der Waals surface area (Å²) in [4.78, 5) is 11.1. The number of unbranched alkanes of at least 4 members (excludes halogenated alkanes) is 1. The van der Waals surface area contributed by atoms with Crippen molar-refractivity contribution in [1.82, 2.24) is 0 Å². The summed E-state index contributed by atoms with van der Waals surface area (Å²) in [5.74, 6) is -1.60. The van der Waals surface area contributed by atoms with Gasteiger partial charge in [-0.25, -0.2) is 0 Å². The summed E-state index contributed by atoms with van der Waals surface area (Å²) in [6.45, 7) is 3.97. The van der Waals surface area contributed by atoms with Gasteiger partial charge in [-0.05, 0) is 26.2 Å². The van der Waals surface area contributed by atoms with Crippen LogP contribution in [-0.4, -0.2) is 34.5 Å². The smallest absolute Gasteiger partial charge is 0.309 e. The third-order valence-corrected chi connectivity index (χ3v) is 3.24. The Hall–Kier alpha value is -0.610. The van der Waals surface area contributed by atoms with Gasteiger partial charge in [0, 0.05) is 0 Å². The van der Waals surface area contributed by atoms with Crippen LogP contribution in [0.5, 0.6) is 0 Å². The Morgan fingerprint density at radius 1 is 1.50 bits per heavy atom. The van der Waals surface area contributed by atoms with Crippen LogP contribution in [0.25, 0.3) is 0 Å². The number of carboxylic acid groups (broad SMARTS) is 1. The molecule has 2 N–H and O–H groups in total. The molecule has 0 bridgehead atoms. The molecule has 1 heterocycles. The molecule has 4 heteroatoms. The van der Waals surface area contributed by atoms with Gasteiger partial charge in [-0.3, -0.25) is 4.79 Å². The van der Waals surface area contributed by atoms with Crippen LogP contribution >= 0.6 is 0 Å². The number of carboxylic acids is 1. The van der Waals surface area contributed by atoms with Gasteiger partial charge in [-0.15, -0.1) is 0 Å². The molecule has 0 aromatic carbocycles. The predicted octanol–water partition coefficient (Wildman–Crippen LogP) is 1.81. The fourth-order valence-corrected chi connectivity index (χ4v) is 2.21. The van der Waals surface area contributed by atoms with Crippen LogP contribution < -0.4 is 0 Å². The largest absolute Gasteiger partial charge is 0.481 e. The Bertz CT molecular complexity index is 229. The number of aliphatic hydroxyl groups is 1. The first-order chi connectivity index (χ1) is 7.56. The van der Waals surface area contributed by atoms with E-state index in [2.05, 4.69) is 0 Å². The number of aliphatic hydroxyl groups excluding tert-OH is 1. The van der Waals surface area contributed by atoms with Crippen molar-refractivity contribution in [3.8, 4) is 0 Å². The van der Waals surface area contributed by atoms with Crippen LogP contribution in [0.15, 0.2) is 0 Å². The van der Waals surface area contributed by atoms with Gasteiger partial charge in [0.15, 0.2) is 0 Å². The first-order valence-electron chi connectivity index (χ1n) is 6.12. The van der Waals surface area contributed by atoms with E-state index in [1.54, 1.807) is 0 Å². The molecule has 0 aromatic rings. The summed E-state index contributed by atoms with van der Waals surface area (Å²) in [7, 11) is 0. The molecule has 1 rings (SSSR count). The molecule has 0 spiro atoms. The lowest BCUT2D eigenvalue weighted by Crippen LogP contribution is -2.38. The maximum Gasteiger partial charge on any atom is 0.309 e. The highest BCUT2D eigenvalue weighted by Gasteiger charge is 2.36. The maximum absolute atomic E-state index is 11.1. The predicted molar refractivity (Wildman–Crippen MR) is 60.2 cm³/mol. The number of carbonyl (C=O) groups is 1. The highest BCUT2D eigenvalue weighted by molar-refractivity contribution is 5.70. The zero-order valence-corrected chi connectivity index (χ0v) is 10.1. The van der Waals surface area contributed by atoms with Crippen molar-refractivity contribution >= 4 is 5.97 Å². The summed E-state index contributed by atoms with van der Waals surface area (Å²) in [6.07, 6.45) is 2.94. The van der Waals surface area contributed by atoms with E-state index < -0.39 is 18.0 Å². The van der Waals surface area contributed by atoms with Crippen LogP contribution in [0.3, 0.4) is 0 Å². The lowest BCUT2D eigenvalue weighted by molar-refractivity contribution is -0.150. The van der Waals surface area contributed by atoms with Gasteiger partial charge in [0.25, 0.3) is 0 Å². The van der Waals surface area contributed by atoms with Gasteiger partial charge in [0.1, 0.15) is 0 Å². The van der Waals surface area contributed by atoms with E-state index in [1.807, 2.05) is 13.8 Å². The quantitative estimate of drug-likeness (QED) is 0.730. The van der Waals surface area contributed by atoms with E-state index in [4.69, 9.17) is 9.84 Å². The number of rotatable bonds is 6. The van der Waals surface area contributed by atoms with Gasteiger partial charge in [0.05, 0.1) is 24.2 Å². The fourth-order valence-electron chi connectivity index (χ4n) is 2.21. The van der Waals surface area contributed by atoms with Gasteiger partial charge in [-0.2, -0.15) is 0 Å². The Morgan fingerprint density at radius 3 is 2.62 bits per heavy atom. The standard InChI is InChI=1S/C12H22O4/c1-3-4-5-9(12(14)15)11(13)10-7-6-8(2)16-10/h8-11,13H,3-7H2,1-2H3,(H,14,15). The van der Waals surface area contributed by atoms with Crippen LogP contribution in [0, 0.1) is 5.92 Å². The summed E-state index contributed by atoms with van der Waals surface area (Å²) >= 11 is 0. The Kier molecular flexibility index (Phi) is 5.22. The van der Waals surface area contributed by atoms with E-state index >= 15 is 0 Å². The fraction of sp³-hybridized carbons (Fsp3) is 0.917. The summed E-state index contributed by atoms with van der Waals surface area (Å²) < 4.78 is 5.52. The summed E-state index contributed by atoms with van der Waals surface area (Å²) in [5.41, 5.74) is 0. The minimum atomic E-state index is -0.913. The summed E-state index contributed by atoms with van der Waals surface area (Å²) in [5, 5.41) is 19.1. The molecule has 0 saturated carbocycles.